The molecular weight excluding hydrogens is 426 g/mol. The second-order valence-corrected chi connectivity index (χ2v) is 8.75. The van der Waals surface area contributed by atoms with E-state index in [1.54, 1.807) is 18.2 Å². The Morgan fingerprint density at radius 2 is 1.59 bits per heavy atom. The van der Waals surface area contributed by atoms with Gasteiger partial charge >= 0.3 is 12.1 Å². The molecule has 0 unspecified atom stereocenters. The molecule has 5 rings (SSSR count). The number of carbonyl (C=O) groups excluding carboxylic acids is 1. The number of hydrogen-bond acceptors (Lipinski definition) is 3. The van der Waals surface area contributed by atoms with Crippen molar-refractivity contribution < 1.29 is 19.4 Å². The van der Waals surface area contributed by atoms with Crippen molar-refractivity contribution in [3.8, 4) is 11.1 Å². The van der Waals surface area contributed by atoms with Crippen LogP contribution in [0.5, 0.6) is 0 Å². The molecule has 6 heteroatoms. The molecule has 1 aliphatic carbocycles. The van der Waals surface area contributed by atoms with E-state index in [4.69, 9.17) is 16.3 Å². The van der Waals surface area contributed by atoms with Gasteiger partial charge < -0.3 is 14.7 Å². The van der Waals surface area contributed by atoms with E-state index in [-0.39, 0.29) is 31.5 Å². The maximum atomic E-state index is 12.9. The van der Waals surface area contributed by atoms with Crippen LogP contribution >= 0.6 is 11.6 Å². The van der Waals surface area contributed by atoms with Gasteiger partial charge in [0.25, 0.3) is 0 Å². The number of fused-ring (bicyclic) bond motifs is 3. The second kappa shape index (κ2) is 8.32. The van der Waals surface area contributed by atoms with Crippen LogP contribution in [0, 0.1) is 5.92 Å². The van der Waals surface area contributed by atoms with E-state index in [1.165, 1.54) is 4.90 Å². The zero-order valence-electron chi connectivity index (χ0n) is 17.3. The summed E-state index contributed by atoms with van der Waals surface area (Å²) in [6.45, 7) is 0.611. The third-order valence-electron chi connectivity index (χ3n) is 6.51. The van der Waals surface area contributed by atoms with E-state index in [0.717, 1.165) is 27.8 Å². The first-order valence-corrected chi connectivity index (χ1v) is 11.0. The lowest BCUT2D eigenvalue weighted by molar-refractivity contribution is -0.141. The summed E-state index contributed by atoms with van der Waals surface area (Å²) in [5, 5.41) is 10.3. The highest BCUT2D eigenvalue weighted by atomic mass is 35.5. The summed E-state index contributed by atoms with van der Waals surface area (Å²) >= 11 is 6.10. The molecule has 1 amide bonds. The first-order valence-electron chi connectivity index (χ1n) is 10.6. The predicted molar refractivity (Wildman–Crippen MR) is 122 cm³/mol. The number of carboxylic acids is 1. The molecule has 0 saturated carbocycles. The number of halogens is 1. The van der Waals surface area contributed by atoms with Gasteiger partial charge in [-0.2, -0.15) is 0 Å². The molecule has 1 heterocycles. The Labute approximate surface area is 191 Å². The normalized spacial score (nSPS) is 19.5. The van der Waals surface area contributed by atoms with Gasteiger partial charge in [0.2, 0.25) is 0 Å². The molecule has 32 heavy (non-hydrogen) atoms. The standard InChI is InChI=1S/C26H22ClNO4/c27-17-7-5-6-16(12-17)22-13-28(14-23(22)25(29)30)26(31)32-15-24-20-10-3-1-8-18(20)19-9-2-4-11-21(19)24/h1-12,22-24H,13-15H2,(H,29,30)/t22-,23+/m0/s1. The molecule has 2 aliphatic rings. The van der Waals surface area contributed by atoms with Crippen LogP contribution in [0.2, 0.25) is 5.02 Å². The van der Waals surface area contributed by atoms with Crippen molar-refractivity contribution in [1.29, 1.82) is 0 Å². The highest BCUT2D eigenvalue weighted by molar-refractivity contribution is 6.30. The molecule has 0 radical (unpaired) electrons. The van der Waals surface area contributed by atoms with E-state index in [0.29, 0.717) is 5.02 Å². The van der Waals surface area contributed by atoms with Crippen LogP contribution in [-0.2, 0) is 9.53 Å². The summed E-state index contributed by atoms with van der Waals surface area (Å²) in [5.74, 6) is -1.99. The zero-order chi connectivity index (χ0) is 22.2. The van der Waals surface area contributed by atoms with Gasteiger partial charge in [0.1, 0.15) is 6.61 Å². The quantitative estimate of drug-likeness (QED) is 0.582. The number of carboxylic acid groups (broad SMARTS) is 1. The van der Waals surface area contributed by atoms with Gasteiger partial charge in [0, 0.05) is 29.9 Å². The first-order chi connectivity index (χ1) is 15.5. The number of amides is 1. The number of benzene rings is 3. The summed E-state index contributed by atoms with van der Waals surface area (Å²) in [4.78, 5) is 26.3. The van der Waals surface area contributed by atoms with Crippen molar-refractivity contribution in [2.75, 3.05) is 19.7 Å². The average Bonchev–Trinajstić information content (AvgIpc) is 3.38. The molecule has 1 N–H and O–H groups in total. The molecule has 1 fully saturated rings. The highest BCUT2D eigenvalue weighted by Crippen LogP contribution is 2.44. The van der Waals surface area contributed by atoms with Crippen molar-refractivity contribution in [1.82, 2.24) is 4.90 Å². The maximum absolute atomic E-state index is 12.9. The fourth-order valence-electron chi connectivity index (χ4n) is 4.96. The van der Waals surface area contributed by atoms with Gasteiger partial charge in [0.15, 0.2) is 0 Å². The summed E-state index contributed by atoms with van der Waals surface area (Å²) < 4.78 is 5.73. The predicted octanol–water partition coefficient (Wildman–Crippen LogP) is 5.39. The van der Waals surface area contributed by atoms with E-state index in [1.807, 2.05) is 30.3 Å². The Kier molecular flexibility index (Phi) is 5.35. The molecular formula is C26H22ClNO4. The van der Waals surface area contributed by atoms with E-state index >= 15 is 0 Å². The topological polar surface area (TPSA) is 66.8 Å². The number of carbonyl (C=O) groups is 2. The number of aliphatic carboxylic acids is 1. The van der Waals surface area contributed by atoms with Crippen LogP contribution in [0.3, 0.4) is 0 Å². The van der Waals surface area contributed by atoms with Crippen LogP contribution in [0.4, 0.5) is 4.79 Å². The fraction of sp³-hybridized carbons (Fsp3) is 0.231. The Morgan fingerprint density at radius 3 is 2.22 bits per heavy atom. The van der Waals surface area contributed by atoms with E-state index < -0.39 is 18.0 Å². The lowest BCUT2D eigenvalue weighted by atomic mass is 9.89. The third-order valence-corrected chi connectivity index (χ3v) is 6.74. The van der Waals surface area contributed by atoms with Gasteiger partial charge in [-0.1, -0.05) is 72.3 Å². The number of likely N-dealkylation sites (tertiary alicyclic amines) is 1. The smallest absolute Gasteiger partial charge is 0.409 e. The van der Waals surface area contributed by atoms with Crippen LogP contribution in [-0.4, -0.2) is 41.8 Å². The summed E-state index contributed by atoms with van der Waals surface area (Å²) in [7, 11) is 0. The van der Waals surface area contributed by atoms with Crippen LogP contribution < -0.4 is 0 Å². The third kappa shape index (κ3) is 3.63. The van der Waals surface area contributed by atoms with Gasteiger partial charge in [-0.05, 0) is 39.9 Å². The molecule has 0 bridgehead atoms. The van der Waals surface area contributed by atoms with Gasteiger partial charge in [-0.25, -0.2) is 4.79 Å². The monoisotopic (exact) mass is 447 g/mol. The number of rotatable bonds is 4. The van der Waals surface area contributed by atoms with Gasteiger partial charge in [0.05, 0.1) is 5.92 Å². The zero-order valence-corrected chi connectivity index (χ0v) is 18.0. The van der Waals surface area contributed by atoms with Crippen molar-refractivity contribution in [3.63, 3.8) is 0 Å². The van der Waals surface area contributed by atoms with Crippen LogP contribution in [0.25, 0.3) is 11.1 Å². The van der Waals surface area contributed by atoms with Crippen molar-refractivity contribution >= 4 is 23.7 Å². The summed E-state index contributed by atoms with van der Waals surface area (Å²) in [6.07, 6.45) is -0.484. The van der Waals surface area contributed by atoms with Crippen molar-refractivity contribution in [3.05, 3.63) is 94.5 Å². The molecule has 5 nitrogen and oxygen atoms in total. The molecule has 1 saturated heterocycles. The largest absolute Gasteiger partial charge is 0.481 e. The number of hydrogen-bond donors (Lipinski definition) is 1. The minimum Gasteiger partial charge on any atom is -0.481 e. The second-order valence-electron chi connectivity index (χ2n) is 8.32. The molecule has 162 valence electrons. The molecule has 0 spiro atoms. The minimum atomic E-state index is -0.927. The summed E-state index contributed by atoms with van der Waals surface area (Å²) in [6, 6.07) is 23.5. The molecule has 1 aliphatic heterocycles. The van der Waals surface area contributed by atoms with Crippen molar-refractivity contribution in [2.24, 2.45) is 5.92 Å². The number of nitrogens with zero attached hydrogens (tertiary/aromatic N) is 1. The highest BCUT2D eigenvalue weighted by Gasteiger charge is 2.41. The van der Waals surface area contributed by atoms with Crippen LogP contribution in [0.1, 0.15) is 28.5 Å². The maximum Gasteiger partial charge on any atom is 0.409 e. The number of ether oxygens (including phenoxy) is 1. The first kappa shape index (κ1) is 20.6. The SMILES string of the molecule is O=C(O)[C@@H]1CN(C(=O)OCC2c3ccccc3-c3ccccc32)C[C@H]1c1cccc(Cl)c1. The van der Waals surface area contributed by atoms with Gasteiger partial charge in [-0.3, -0.25) is 4.79 Å². The molecule has 0 aromatic heterocycles. The molecule has 2 atom stereocenters. The van der Waals surface area contributed by atoms with Gasteiger partial charge in [-0.15, -0.1) is 0 Å². The Hall–Kier alpha value is -3.31. The fourth-order valence-corrected chi connectivity index (χ4v) is 5.16. The lowest BCUT2D eigenvalue weighted by Gasteiger charge is -2.19. The summed E-state index contributed by atoms with van der Waals surface area (Å²) in [5.41, 5.74) is 5.43. The average molecular weight is 448 g/mol. The van der Waals surface area contributed by atoms with E-state index in [2.05, 4.69) is 24.3 Å². The molecule has 3 aromatic carbocycles. The van der Waals surface area contributed by atoms with E-state index in [9.17, 15) is 14.7 Å². The minimum absolute atomic E-state index is 0.0343. The Balaban J connectivity index is 1.32. The lowest BCUT2D eigenvalue weighted by Crippen LogP contribution is -2.31. The Morgan fingerprint density at radius 1 is 0.938 bits per heavy atom. The Bertz CT molecular complexity index is 1150. The molecule has 3 aromatic rings. The van der Waals surface area contributed by atoms with Crippen molar-refractivity contribution in [2.45, 2.75) is 11.8 Å². The van der Waals surface area contributed by atoms with Crippen LogP contribution in [0.15, 0.2) is 72.8 Å².